The highest BCUT2D eigenvalue weighted by Gasteiger charge is 2.20. The maximum absolute atomic E-state index is 13.6. The van der Waals surface area contributed by atoms with Gasteiger partial charge in [0.2, 0.25) is 5.91 Å². The summed E-state index contributed by atoms with van der Waals surface area (Å²) < 4.78 is 45.1. The van der Waals surface area contributed by atoms with E-state index in [4.69, 9.17) is 16.0 Å². The lowest BCUT2D eigenvalue weighted by Crippen LogP contribution is -2.33. The third kappa shape index (κ3) is 3.61. The largest absolute Gasteiger partial charge is 0.449 e. The summed E-state index contributed by atoms with van der Waals surface area (Å²) in [5.41, 5.74) is 0.340. The normalized spacial score (nSPS) is 10.9. The number of hydrogen-bond donors (Lipinski definition) is 2. The van der Waals surface area contributed by atoms with E-state index in [1.807, 2.05) is 5.32 Å². The highest BCUT2D eigenvalue weighted by atomic mass is 35.5. The van der Waals surface area contributed by atoms with Gasteiger partial charge in [0, 0.05) is 10.9 Å². The van der Waals surface area contributed by atoms with E-state index in [0.717, 1.165) is 6.07 Å². The number of benzene rings is 2. The molecule has 3 rings (SSSR count). The molecule has 0 bridgehead atoms. The lowest BCUT2D eigenvalue weighted by atomic mass is 10.1. The molecule has 5 nitrogen and oxygen atoms in total. The molecule has 0 spiro atoms. The molecule has 0 saturated heterocycles. The van der Waals surface area contributed by atoms with E-state index in [0.29, 0.717) is 27.6 Å². The van der Waals surface area contributed by atoms with Crippen LogP contribution in [0.5, 0.6) is 0 Å². The van der Waals surface area contributed by atoms with E-state index < -0.39 is 41.5 Å². The Morgan fingerprint density at radius 1 is 1.11 bits per heavy atom. The van der Waals surface area contributed by atoms with Crippen molar-refractivity contribution in [3.05, 3.63) is 64.1 Å². The van der Waals surface area contributed by atoms with E-state index in [1.54, 1.807) is 25.1 Å². The number of carbonyl (C=O) groups is 2. The van der Waals surface area contributed by atoms with Crippen LogP contribution in [0.3, 0.4) is 0 Å². The second-order valence-corrected chi connectivity index (χ2v) is 6.03. The Balaban J connectivity index is 1.69. The molecule has 1 aromatic heterocycles. The van der Waals surface area contributed by atoms with Crippen molar-refractivity contribution in [2.24, 2.45) is 0 Å². The van der Waals surface area contributed by atoms with Gasteiger partial charge in [-0.3, -0.25) is 9.59 Å². The predicted molar refractivity (Wildman–Crippen MR) is 93.2 cm³/mol. The Morgan fingerprint density at radius 2 is 1.85 bits per heavy atom. The lowest BCUT2D eigenvalue weighted by molar-refractivity contribution is -0.115. The zero-order valence-corrected chi connectivity index (χ0v) is 14.6. The van der Waals surface area contributed by atoms with Crippen molar-refractivity contribution in [3.8, 4) is 0 Å². The molecule has 0 aliphatic rings. The zero-order valence-electron chi connectivity index (χ0n) is 13.8. The number of amides is 2. The molecule has 140 valence electrons. The first kappa shape index (κ1) is 18.8. The van der Waals surface area contributed by atoms with Crippen LogP contribution in [0.1, 0.15) is 16.1 Å². The third-order valence-corrected chi connectivity index (χ3v) is 4.14. The van der Waals surface area contributed by atoms with Gasteiger partial charge >= 0.3 is 0 Å². The van der Waals surface area contributed by atoms with Gasteiger partial charge in [-0.2, -0.15) is 0 Å². The minimum absolute atomic E-state index is 0.0232. The SMILES string of the molecule is Cc1c(C(=O)NCC(=O)Nc2ccc(F)c(F)c2F)oc2c(Cl)cccc12. The van der Waals surface area contributed by atoms with Crippen LogP contribution in [0, 0.1) is 24.4 Å². The number of carbonyl (C=O) groups excluding carboxylic acids is 2. The number of para-hydroxylation sites is 1. The number of anilines is 1. The molecule has 0 aliphatic carbocycles. The molecular formula is C18H12ClF3N2O3. The Kier molecular flexibility index (Phi) is 5.09. The second-order valence-electron chi connectivity index (χ2n) is 5.63. The van der Waals surface area contributed by atoms with Crippen molar-refractivity contribution in [1.29, 1.82) is 0 Å². The van der Waals surface area contributed by atoms with Crippen LogP contribution < -0.4 is 10.6 Å². The van der Waals surface area contributed by atoms with Crippen LogP contribution in [-0.2, 0) is 4.79 Å². The Hall–Kier alpha value is -3.00. The smallest absolute Gasteiger partial charge is 0.287 e. The van der Waals surface area contributed by atoms with E-state index in [9.17, 15) is 22.8 Å². The first-order chi connectivity index (χ1) is 12.8. The van der Waals surface area contributed by atoms with Crippen molar-refractivity contribution in [2.75, 3.05) is 11.9 Å². The lowest BCUT2D eigenvalue weighted by Gasteiger charge is -2.08. The number of hydrogen-bond acceptors (Lipinski definition) is 3. The van der Waals surface area contributed by atoms with Gasteiger partial charge in [0.05, 0.1) is 17.3 Å². The van der Waals surface area contributed by atoms with Crippen molar-refractivity contribution in [3.63, 3.8) is 0 Å². The first-order valence-corrected chi connectivity index (χ1v) is 8.06. The summed E-state index contributed by atoms with van der Waals surface area (Å²) in [6.45, 7) is 1.12. The van der Waals surface area contributed by atoms with Gasteiger partial charge in [0.1, 0.15) is 0 Å². The Labute approximate surface area is 156 Å². The van der Waals surface area contributed by atoms with Crippen molar-refractivity contribution in [2.45, 2.75) is 6.92 Å². The van der Waals surface area contributed by atoms with E-state index in [2.05, 4.69) is 5.32 Å². The van der Waals surface area contributed by atoms with Gasteiger partial charge in [-0.1, -0.05) is 23.7 Å². The number of halogens is 4. The number of rotatable bonds is 4. The van der Waals surface area contributed by atoms with Crippen LogP contribution >= 0.6 is 11.6 Å². The molecule has 1 heterocycles. The van der Waals surface area contributed by atoms with Crippen molar-refractivity contribution in [1.82, 2.24) is 5.32 Å². The molecule has 3 aromatic rings. The fourth-order valence-electron chi connectivity index (χ4n) is 2.48. The monoisotopic (exact) mass is 396 g/mol. The topological polar surface area (TPSA) is 71.3 Å². The molecule has 9 heteroatoms. The van der Waals surface area contributed by atoms with Gasteiger partial charge in [0.25, 0.3) is 5.91 Å². The average molecular weight is 397 g/mol. The molecule has 0 unspecified atom stereocenters. The first-order valence-electron chi connectivity index (χ1n) is 7.68. The number of furan rings is 1. The minimum Gasteiger partial charge on any atom is -0.449 e. The quantitative estimate of drug-likeness (QED) is 0.650. The van der Waals surface area contributed by atoms with Crippen LogP contribution in [-0.4, -0.2) is 18.4 Å². The summed E-state index contributed by atoms with van der Waals surface area (Å²) in [7, 11) is 0. The Bertz CT molecular complexity index is 1070. The minimum atomic E-state index is -1.70. The summed E-state index contributed by atoms with van der Waals surface area (Å²) >= 11 is 6.02. The standard InChI is InChI=1S/C18H12ClF3N2O3/c1-8-9-3-2-4-10(19)17(9)27-16(8)18(26)23-7-13(25)24-12-6-5-11(20)14(21)15(12)22/h2-6H,7H2,1H3,(H,23,26)(H,24,25). The molecule has 0 atom stereocenters. The van der Waals surface area contributed by atoms with E-state index in [-0.39, 0.29) is 5.76 Å². The fraction of sp³-hybridized carbons (Fsp3) is 0.111. The number of aryl methyl sites for hydroxylation is 1. The van der Waals surface area contributed by atoms with Crippen molar-refractivity contribution >= 4 is 40.1 Å². The van der Waals surface area contributed by atoms with Crippen LogP contribution in [0.25, 0.3) is 11.0 Å². The molecule has 2 aromatic carbocycles. The van der Waals surface area contributed by atoms with Crippen LogP contribution in [0.4, 0.5) is 18.9 Å². The maximum atomic E-state index is 13.6. The molecule has 2 amide bonds. The van der Waals surface area contributed by atoms with Gasteiger partial charge < -0.3 is 15.1 Å². The highest BCUT2D eigenvalue weighted by Crippen LogP contribution is 2.30. The van der Waals surface area contributed by atoms with E-state index in [1.165, 1.54) is 0 Å². The summed E-state index contributed by atoms with van der Waals surface area (Å²) in [6.07, 6.45) is 0. The predicted octanol–water partition coefficient (Wildman–Crippen LogP) is 4.18. The molecular weight excluding hydrogens is 385 g/mol. The molecule has 0 aliphatic heterocycles. The van der Waals surface area contributed by atoms with Gasteiger partial charge in [-0.25, -0.2) is 13.2 Å². The Morgan fingerprint density at radius 3 is 2.56 bits per heavy atom. The van der Waals surface area contributed by atoms with Crippen molar-refractivity contribution < 1.29 is 27.2 Å². The molecule has 0 saturated carbocycles. The van der Waals surface area contributed by atoms with Gasteiger partial charge in [-0.15, -0.1) is 0 Å². The summed E-state index contributed by atoms with van der Waals surface area (Å²) in [6, 6.07) is 6.60. The summed E-state index contributed by atoms with van der Waals surface area (Å²) in [5, 5.41) is 5.34. The average Bonchev–Trinajstić information content (AvgIpc) is 2.99. The van der Waals surface area contributed by atoms with Gasteiger partial charge in [0.15, 0.2) is 28.8 Å². The summed E-state index contributed by atoms with van der Waals surface area (Å²) in [4.78, 5) is 24.1. The highest BCUT2D eigenvalue weighted by molar-refractivity contribution is 6.35. The maximum Gasteiger partial charge on any atom is 0.287 e. The number of fused-ring (bicyclic) bond motifs is 1. The van der Waals surface area contributed by atoms with Crippen LogP contribution in [0.2, 0.25) is 5.02 Å². The molecule has 0 radical (unpaired) electrons. The van der Waals surface area contributed by atoms with Gasteiger partial charge in [-0.05, 0) is 25.1 Å². The van der Waals surface area contributed by atoms with E-state index >= 15 is 0 Å². The molecule has 27 heavy (non-hydrogen) atoms. The van der Waals surface area contributed by atoms with Crippen LogP contribution in [0.15, 0.2) is 34.7 Å². The molecule has 0 fully saturated rings. The zero-order chi connectivity index (χ0) is 19.7. The fourth-order valence-corrected chi connectivity index (χ4v) is 2.70. The molecule has 2 N–H and O–H groups in total. The third-order valence-electron chi connectivity index (χ3n) is 3.84. The number of nitrogens with one attached hydrogen (secondary N) is 2. The summed E-state index contributed by atoms with van der Waals surface area (Å²) in [5.74, 6) is -6.15. The second kappa shape index (κ2) is 7.32.